The summed E-state index contributed by atoms with van der Waals surface area (Å²) >= 11 is 0. The molecule has 3 fully saturated rings. The van der Waals surface area contributed by atoms with Crippen LogP contribution in [0.3, 0.4) is 0 Å². The third-order valence-electron chi connectivity index (χ3n) is 5.60. The number of anilines is 1. The van der Waals surface area contributed by atoms with Crippen LogP contribution in [0.2, 0.25) is 0 Å². The van der Waals surface area contributed by atoms with E-state index in [1.165, 1.54) is 0 Å². The second-order valence-electron chi connectivity index (χ2n) is 7.72. The fourth-order valence-electron chi connectivity index (χ4n) is 4.21. The van der Waals surface area contributed by atoms with Gasteiger partial charge in [-0.25, -0.2) is 14.8 Å². The van der Waals surface area contributed by atoms with Crippen molar-refractivity contribution in [1.29, 1.82) is 0 Å². The minimum Gasteiger partial charge on any atom is -0.475 e. The van der Waals surface area contributed by atoms with Crippen LogP contribution in [-0.4, -0.2) is 89.8 Å². The molecule has 0 bridgehead atoms. The van der Waals surface area contributed by atoms with Gasteiger partial charge in [-0.05, 0) is 31.7 Å². The zero-order chi connectivity index (χ0) is 21.6. The maximum absolute atomic E-state index is 10.6. The van der Waals surface area contributed by atoms with Crippen LogP contribution < -0.4 is 4.90 Å². The first-order chi connectivity index (χ1) is 14.3. The topological polar surface area (TPSA) is 88.0 Å². The highest BCUT2D eigenvalue weighted by atomic mass is 19.4. The number of carbonyl (C=O) groups is 1. The third kappa shape index (κ3) is 6.02. The summed E-state index contributed by atoms with van der Waals surface area (Å²) in [5, 5.41) is 7.12. The lowest BCUT2D eigenvalue weighted by Crippen LogP contribution is -2.62. The quantitative estimate of drug-likeness (QED) is 0.759. The molecular formula is C19H27F3N4O4. The van der Waals surface area contributed by atoms with Gasteiger partial charge >= 0.3 is 12.1 Å². The molecule has 1 N–H and O–H groups in total. The first-order valence-electron chi connectivity index (χ1n) is 10.1. The van der Waals surface area contributed by atoms with Crippen molar-refractivity contribution in [3.8, 4) is 0 Å². The summed E-state index contributed by atoms with van der Waals surface area (Å²) in [6.07, 6.45) is 3.14. The fourth-order valence-corrected chi connectivity index (χ4v) is 4.21. The molecule has 3 saturated heterocycles. The van der Waals surface area contributed by atoms with E-state index in [1.54, 1.807) is 0 Å². The van der Waals surface area contributed by atoms with Gasteiger partial charge < -0.3 is 19.5 Å². The van der Waals surface area contributed by atoms with Crippen molar-refractivity contribution in [2.45, 2.75) is 43.5 Å². The predicted molar refractivity (Wildman–Crippen MR) is 101 cm³/mol. The summed E-state index contributed by atoms with van der Waals surface area (Å²) in [5.41, 5.74) is -0.0615. The Morgan fingerprint density at radius 2 is 1.80 bits per heavy atom. The van der Waals surface area contributed by atoms with E-state index in [0.29, 0.717) is 6.04 Å². The summed E-state index contributed by atoms with van der Waals surface area (Å²) in [6, 6.07) is 2.53. The van der Waals surface area contributed by atoms with Gasteiger partial charge in [0, 0.05) is 51.3 Å². The molecule has 0 aromatic carbocycles. The standard InChI is InChI=1S/C17H26N4O2.C2HF3O2/c1-5-17(14-21(8-1)16-18-6-2-7-19-16)13-20(9-12-23-17)15-3-10-22-11-4-15;3-2(4,5)1(6)7/h2,6-7,15H,1,3-5,8-14H2;(H,6,7). The van der Waals surface area contributed by atoms with Gasteiger partial charge in [0.25, 0.3) is 0 Å². The Balaban J connectivity index is 0.000000318. The average Bonchev–Trinajstić information content (AvgIpc) is 2.75. The van der Waals surface area contributed by atoms with Gasteiger partial charge in [-0.3, -0.25) is 4.90 Å². The van der Waals surface area contributed by atoms with Gasteiger partial charge in [-0.2, -0.15) is 13.2 Å². The van der Waals surface area contributed by atoms with Crippen LogP contribution >= 0.6 is 0 Å². The van der Waals surface area contributed by atoms with Crippen LogP contribution in [-0.2, 0) is 14.3 Å². The summed E-state index contributed by atoms with van der Waals surface area (Å²) in [6.45, 7) is 6.64. The van der Waals surface area contributed by atoms with Gasteiger partial charge in [-0.15, -0.1) is 0 Å². The molecule has 1 unspecified atom stereocenters. The van der Waals surface area contributed by atoms with E-state index in [-0.39, 0.29) is 5.60 Å². The number of morpholine rings is 1. The van der Waals surface area contributed by atoms with Crippen molar-refractivity contribution in [2.24, 2.45) is 0 Å². The molecule has 1 atom stereocenters. The maximum atomic E-state index is 10.6. The number of alkyl halides is 3. The molecule has 11 heteroatoms. The van der Waals surface area contributed by atoms with Crippen LogP contribution in [0.5, 0.6) is 0 Å². The average molecular weight is 432 g/mol. The predicted octanol–water partition coefficient (Wildman–Crippen LogP) is 1.96. The van der Waals surface area contributed by atoms with Gasteiger partial charge in [0.1, 0.15) is 0 Å². The van der Waals surface area contributed by atoms with Crippen LogP contribution in [0.1, 0.15) is 25.7 Å². The molecule has 4 heterocycles. The van der Waals surface area contributed by atoms with Gasteiger partial charge in [0.05, 0.1) is 18.8 Å². The number of hydrogen-bond acceptors (Lipinski definition) is 7. The van der Waals surface area contributed by atoms with Crippen LogP contribution in [0, 0.1) is 0 Å². The molecular weight excluding hydrogens is 405 g/mol. The van der Waals surface area contributed by atoms with Crippen molar-refractivity contribution in [3.63, 3.8) is 0 Å². The summed E-state index contributed by atoms with van der Waals surface area (Å²) in [5.74, 6) is -1.93. The van der Waals surface area contributed by atoms with Crippen molar-refractivity contribution in [3.05, 3.63) is 18.5 Å². The zero-order valence-electron chi connectivity index (χ0n) is 16.7. The highest BCUT2D eigenvalue weighted by Gasteiger charge is 2.42. The number of nitrogens with zero attached hydrogens (tertiary/aromatic N) is 4. The summed E-state index contributed by atoms with van der Waals surface area (Å²) in [7, 11) is 0. The molecule has 1 spiro atoms. The molecule has 0 radical (unpaired) electrons. The Bertz CT molecular complexity index is 684. The third-order valence-corrected chi connectivity index (χ3v) is 5.60. The zero-order valence-corrected chi connectivity index (χ0v) is 16.7. The lowest BCUT2D eigenvalue weighted by atomic mass is 9.89. The first kappa shape index (κ1) is 22.7. The van der Waals surface area contributed by atoms with Crippen molar-refractivity contribution >= 4 is 11.9 Å². The molecule has 3 aliphatic heterocycles. The fraction of sp³-hybridized carbons (Fsp3) is 0.737. The number of hydrogen-bond donors (Lipinski definition) is 1. The van der Waals surface area contributed by atoms with Gasteiger partial charge in [0.2, 0.25) is 5.95 Å². The van der Waals surface area contributed by atoms with Crippen molar-refractivity contribution in [1.82, 2.24) is 14.9 Å². The Morgan fingerprint density at radius 1 is 1.13 bits per heavy atom. The second-order valence-corrected chi connectivity index (χ2v) is 7.72. The molecule has 168 valence electrons. The monoisotopic (exact) mass is 432 g/mol. The molecule has 1 aromatic rings. The Hall–Kier alpha value is -1.98. The number of ether oxygens (including phenoxy) is 2. The highest BCUT2D eigenvalue weighted by Crippen LogP contribution is 2.32. The smallest absolute Gasteiger partial charge is 0.475 e. The van der Waals surface area contributed by atoms with E-state index in [1.807, 2.05) is 18.5 Å². The number of carboxylic acids is 1. The van der Waals surface area contributed by atoms with Crippen LogP contribution in [0.15, 0.2) is 18.5 Å². The number of rotatable bonds is 2. The van der Waals surface area contributed by atoms with Crippen LogP contribution in [0.25, 0.3) is 0 Å². The lowest BCUT2D eigenvalue weighted by Gasteiger charge is -2.50. The Labute approximate surface area is 173 Å². The number of aromatic nitrogens is 2. The van der Waals surface area contributed by atoms with E-state index < -0.39 is 12.1 Å². The van der Waals surface area contributed by atoms with E-state index in [9.17, 15) is 13.2 Å². The highest BCUT2D eigenvalue weighted by molar-refractivity contribution is 5.73. The molecule has 8 nitrogen and oxygen atoms in total. The Kier molecular flexibility index (Phi) is 7.48. The lowest BCUT2D eigenvalue weighted by molar-refractivity contribution is -0.192. The SMILES string of the molecule is O=C(O)C(F)(F)F.c1cnc(N2CCCC3(C2)CN(C2CCOCC2)CCO3)nc1. The molecule has 1 aromatic heterocycles. The molecule has 0 aliphatic carbocycles. The number of halogens is 3. The largest absolute Gasteiger partial charge is 0.490 e. The molecule has 3 aliphatic rings. The number of aliphatic carboxylic acids is 1. The minimum atomic E-state index is -5.08. The van der Waals surface area contributed by atoms with Crippen LogP contribution in [0.4, 0.5) is 19.1 Å². The molecule has 0 amide bonds. The summed E-state index contributed by atoms with van der Waals surface area (Å²) in [4.78, 5) is 22.7. The number of piperidine rings is 1. The van der Waals surface area contributed by atoms with E-state index in [4.69, 9.17) is 19.4 Å². The van der Waals surface area contributed by atoms with E-state index >= 15 is 0 Å². The maximum Gasteiger partial charge on any atom is 0.490 e. The Morgan fingerprint density at radius 3 is 2.43 bits per heavy atom. The molecule has 4 rings (SSSR count). The minimum absolute atomic E-state index is 0.0615. The summed E-state index contributed by atoms with van der Waals surface area (Å²) < 4.78 is 43.6. The molecule has 0 saturated carbocycles. The van der Waals surface area contributed by atoms with Crippen molar-refractivity contribution < 1.29 is 32.5 Å². The second kappa shape index (κ2) is 9.88. The van der Waals surface area contributed by atoms with E-state index in [0.717, 1.165) is 77.6 Å². The van der Waals surface area contributed by atoms with Gasteiger partial charge in [0.15, 0.2) is 0 Å². The normalized spacial score (nSPS) is 26.2. The number of carboxylic acid groups (broad SMARTS) is 1. The molecule has 30 heavy (non-hydrogen) atoms. The van der Waals surface area contributed by atoms with Crippen molar-refractivity contribution in [2.75, 3.05) is 50.9 Å². The van der Waals surface area contributed by atoms with Gasteiger partial charge in [-0.1, -0.05) is 0 Å². The first-order valence-corrected chi connectivity index (χ1v) is 10.1. The van der Waals surface area contributed by atoms with E-state index in [2.05, 4.69) is 19.8 Å².